The average molecular weight is 366 g/mol. The molecular formula is C19H18N4O4. The Morgan fingerprint density at radius 3 is 2.56 bits per heavy atom. The summed E-state index contributed by atoms with van der Waals surface area (Å²) in [7, 11) is 0. The van der Waals surface area contributed by atoms with E-state index in [0.29, 0.717) is 39.8 Å². The molecule has 0 aliphatic rings. The van der Waals surface area contributed by atoms with Gasteiger partial charge in [-0.1, -0.05) is 23.4 Å². The van der Waals surface area contributed by atoms with Crippen molar-refractivity contribution in [2.24, 2.45) is 5.73 Å². The molecule has 0 saturated heterocycles. The highest BCUT2D eigenvalue weighted by molar-refractivity contribution is 6.07. The van der Waals surface area contributed by atoms with E-state index < -0.39 is 5.91 Å². The van der Waals surface area contributed by atoms with Crippen LogP contribution < -0.4 is 15.8 Å². The van der Waals surface area contributed by atoms with Crippen molar-refractivity contribution < 1.29 is 18.8 Å². The van der Waals surface area contributed by atoms with Crippen molar-refractivity contribution in [2.45, 2.75) is 20.5 Å². The fraction of sp³-hybridized carbons (Fsp3) is 0.158. The predicted molar refractivity (Wildman–Crippen MR) is 97.5 cm³/mol. The predicted octanol–water partition coefficient (Wildman–Crippen LogP) is 2.62. The molecule has 8 heteroatoms. The number of amides is 2. The Bertz CT molecular complexity index is 997. The van der Waals surface area contributed by atoms with Gasteiger partial charge in [-0.3, -0.25) is 9.59 Å². The van der Waals surface area contributed by atoms with Crippen LogP contribution in [0.1, 0.15) is 38.0 Å². The Morgan fingerprint density at radius 2 is 1.85 bits per heavy atom. The first-order valence-corrected chi connectivity index (χ1v) is 8.17. The number of primary amides is 1. The highest BCUT2D eigenvalue weighted by Crippen LogP contribution is 2.23. The van der Waals surface area contributed by atoms with Crippen LogP contribution in [0.5, 0.6) is 5.75 Å². The van der Waals surface area contributed by atoms with Gasteiger partial charge >= 0.3 is 0 Å². The summed E-state index contributed by atoms with van der Waals surface area (Å²) in [5, 5.41) is 6.54. The molecule has 0 radical (unpaired) electrons. The van der Waals surface area contributed by atoms with Gasteiger partial charge in [0.1, 0.15) is 5.75 Å². The molecule has 0 fully saturated rings. The largest absolute Gasteiger partial charge is 0.485 e. The lowest BCUT2D eigenvalue weighted by atomic mass is 10.1. The summed E-state index contributed by atoms with van der Waals surface area (Å²) in [6.07, 6.45) is 0. The summed E-state index contributed by atoms with van der Waals surface area (Å²) < 4.78 is 10.6. The molecule has 8 nitrogen and oxygen atoms in total. The maximum absolute atomic E-state index is 12.7. The minimum atomic E-state index is -0.553. The molecule has 0 aliphatic carbocycles. The van der Waals surface area contributed by atoms with E-state index >= 15 is 0 Å². The molecule has 3 aromatic rings. The zero-order valence-electron chi connectivity index (χ0n) is 14.9. The van der Waals surface area contributed by atoms with Crippen LogP contribution in [-0.2, 0) is 6.61 Å². The number of rotatable bonds is 6. The molecule has 0 saturated carbocycles. The standard InChI is InChI=1S/C19H18N4O4/c1-11-13(18(20)24)7-5-8-15(11)22-19(25)14-6-3-4-9-16(14)26-10-17-21-12(2)27-23-17/h3-9H,10H2,1-2H3,(H2,20,24)(H,22,25). The van der Waals surface area contributed by atoms with Crippen LogP contribution in [0.25, 0.3) is 0 Å². The van der Waals surface area contributed by atoms with Crippen molar-refractivity contribution in [1.82, 2.24) is 10.1 Å². The molecule has 1 heterocycles. The SMILES string of the molecule is Cc1nc(COc2ccccc2C(=O)Nc2cccc(C(N)=O)c2C)no1. The summed E-state index contributed by atoms with van der Waals surface area (Å²) in [5.41, 5.74) is 7.14. The number of anilines is 1. The monoisotopic (exact) mass is 366 g/mol. The average Bonchev–Trinajstić information content (AvgIpc) is 3.07. The molecule has 0 unspecified atom stereocenters. The van der Waals surface area contributed by atoms with E-state index in [9.17, 15) is 9.59 Å². The van der Waals surface area contributed by atoms with Gasteiger partial charge in [-0.15, -0.1) is 0 Å². The minimum Gasteiger partial charge on any atom is -0.485 e. The lowest BCUT2D eigenvalue weighted by Crippen LogP contribution is -2.17. The number of nitrogens with zero attached hydrogens (tertiary/aromatic N) is 2. The normalized spacial score (nSPS) is 10.4. The van der Waals surface area contributed by atoms with E-state index in [4.69, 9.17) is 15.0 Å². The van der Waals surface area contributed by atoms with Gasteiger partial charge < -0.3 is 20.3 Å². The molecule has 0 spiro atoms. The Kier molecular flexibility index (Phi) is 5.16. The summed E-state index contributed by atoms with van der Waals surface area (Å²) >= 11 is 0. The Morgan fingerprint density at radius 1 is 1.11 bits per heavy atom. The zero-order chi connectivity index (χ0) is 19.4. The minimum absolute atomic E-state index is 0.0673. The highest BCUT2D eigenvalue weighted by atomic mass is 16.5. The number of aromatic nitrogens is 2. The van der Waals surface area contributed by atoms with Crippen LogP contribution in [-0.4, -0.2) is 22.0 Å². The number of benzene rings is 2. The third-order valence-electron chi connectivity index (χ3n) is 3.91. The molecular weight excluding hydrogens is 348 g/mol. The Hall–Kier alpha value is -3.68. The quantitative estimate of drug-likeness (QED) is 0.692. The van der Waals surface area contributed by atoms with Crippen LogP contribution in [0.2, 0.25) is 0 Å². The lowest BCUT2D eigenvalue weighted by molar-refractivity contribution is 0.0994. The van der Waals surface area contributed by atoms with Crippen LogP contribution >= 0.6 is 0 Å². The number of aryl methyl sites for hydroxylation is 1. The smallest absolute Gasteiger partial charge is 0.259 e. The van der Waals surface area contributed by atoms with Crippen molar-refractivity contribution in [3.63, 3.8) is 0 Å². The molecule has 3 N–H and O–H groups in total. The Balaban J connectivity index is 1.79. The van der Waals surface area contributed by atoms with Gasteiger partial charge in [-0.25, -0.2) is 0 Å². The van der Waals surface area contributed by atoms with Crippen LogP contribution in [0, 0.1) is 13.8 Å². The fourth-order valence-electron chi connectivity index (χ4n) is 2.55. The van der Waals surface area contributed by atoms with E-state index in [0.717, 1.165) is 0 Å². The molecule has 1 aromatic heterocycles. The van der Waals surface area contributed by atoms with E-state index in [2.05, 4.69) is 15.5 Å². The molecule has 0 atom stereocenters. The maximum Gasteiger partial charge on any atom is 0.259 e. The van der Waals surface area contributed by atoms with Gasteiger partial charge in [-0.2, -0.15) is 4.98 Å². The molecule has 3 rings (SSSR count). The first-order chi connectivity index (χ1) is 13.0. The van der Waals surface area contributed by atoms with Crippen molar-refractivity contribution in [1.29, 1.82) is 0 Å². The van der Waals surface area contributed by atoms with E-state index in [1.165, 1.54) is 0 Å². The molecule has 0 aliphatic heterocycles. The summed E-state index contributed by atoms with van der Waals surface area (Å²) in [6, 6.07) is 11.8. The van der Waals surface area contributed by atoms with E-state index in [-0.39, 0.29) is 12.5 Å². The number of ether oxygens (including phenoxy) is 1. The number of hydrogen-bond donors (Lipinski definition) is 2. The van der Waals surface area contributed by atoms with Gasteiger partial charge in [0.05, 0.1) is 5.56 Å². The van der Waals surface area contributed by atoms with E-state index in [1.807, 2.05) is 0 Å². The van der Waals surface area contributed by atoms with Gasteiger partial charge in [0.15, 0.2) is 6.61 Å². The van der Waals surface area contributed by atoms with Gasteiger partial charge in [0, 0.05) is 18.2 Å². The maximum atomic E-state index is 12.7. The Labute approximate surface area is 155 Å². The van der Waals surface area contributed by atoms with Gasteiger partial charge in [0.25, 0.3) is 5.91 Å². The lowest BCUT2D eigenvalue weighted by Gasteiger charge is -2.13. The molecule has 2 aromatic carbocycles. The number of nitrogens with two attached hydrogens (primary N) is 1. The highest BCUT2D eigenvalue weighted by Gasteiger charge is 2.16. The topological polar surface area (TPSA) is 120 Å². The second kappa shape index (κ2) is 7.69. The molecule has 2 amide bonds. The third kappa shape index (κ3) is 4.12. The third-order valence-corrected chi connectivity index (χ3v) is 3.91. The molecule has 0 bridgehead atoms. The van der Waals surface area contributed by atoms with Crippen molar-refractivity contribution in [3.8, 4) is 5.75 Å². The van der Waals surface area contributed by atoms with Crippen LogP contribution in [0.4, 0.5) is 5.69 Å². The summed E-state index contributed by atoms with van der Waals surface area (Å²) in [5.74, 6) is 0.265. The number of carbonyl (C=O) groups excluding carboxylic acids is 2. The number of carbonyl (C=O) groups is 2. The van der Waals surface area contributed by atoms with Crippen molar-refractivity contribution in [2.75, 3.05) is 5.32 Å². The van der Waals surface area contributed by atoms with Gasteiger partial charge in [-0.05, 0) is 36.8 Å². The summed E-state index contributed by atoms with van der Waals surface area (Å²) in [6.45, 7) is 3.47. The fourth-order valence-corrected chi connectivity index (χ4v) is 2.55. The van der Waals surface area contributed by atoms with Crippen molar-refractivity contribution >= 4 is 17.5 Å². The van der Waals surface area contributed by atoms with Crippen LogP contribution in [0.15, 0.2) is 47.0 Å². The molecule has 27 heavy (non-hydrogen) atoms. The number of para-hydroxylation sites is 1. The van der Waals surface area contributed by atoms with Gasteiger partial charge in [0.2, 0.25) is 17.6 Å². The zero-order valence-corrected chi connectivity index (χ0v) is 14.9. The van der Waals surface area contributed by atoms with Crippen LogP contribution in [0.3, 0.4) is 0 Å². The van der Waals surface area contributed by atoms with E-state index in [1.54, 1.807) is 56.3 Å². The first-order valence-electron chi connectivity index (χ1n) is 8.17. The molecule has 138 valence electrons. The second-order valence-electron chi connectivity index (χ2n) is 5.81. The number of hydrogen-bond acceptors (Lipinski definition) is 6. The second-order valence-corrected chi connectivity index (χ2v) is 5.81. The summed E-state index contributed by atoms with van der Waals surface area (Å²) in [4.78, 5) is 28.3. The van der Waals surface area contributed by atoms with Crippen molar-refractivity contribution in [3.05, 3.63) is 70.9 Å². The number of nitrogens with one attached hydrogen (secondary N) is 1. The first kappa shape index (κ1) is 18.1.